The maximum atomic E-state index is 12.5. The number of amides is 1. The van der Waals surface area contributed by atoms with Crippen molar-refractivity contribution in [3.8, 4) is 0 Å². The molecule has 0 spiro atoms. The van der Waals surface area contributed by atoms with E-state index in [1.807, 2.05) is 18.2 Å². The van der Waals surface area contributed by atoms with Crippen molar-refractivity contribution < 1.29 is 19.1 Å². The molecule has 5 heteroatoms. The van der Waals surface area contributed by atoms with Crippen LogP contribution in [0.4, 0.5) is 0 Å². The van der Waals surface area contributed by atoms with E-state index in [0.29, 0.717) is 12.0 Å². The number of hydrogen-bond donors (Lipinski definition) is 1. The molecule has 0 aromatic heterocycles. The standard InChI is InChI=1S/C26H33NO4/c28-23(22-6-5-20-3-1-2-4-21(20)10-22)16-31-25(30)15-27-24(29)14-26-11-17-7-18(12-26)9-19(8-17)13-26/h5-6,10,17-19H,1-4,7-9,11-16H2,(H,27,29). The van der Waals surface area contributed by atoms with Crippen molar-refractivity contribution in [2.75, 3.05) is 13.2 Å². The van der Waals surface area contributed by atoms with Gasteiger partial charge in [0.2, 0.25) is 5.91 Å². The van der Waals surface area contributed by atoms with Gasteiger partial charge < -0.3 is 10.1 Å². The summed E-state index contributed by atoms with van der Waals surface area (Å²) in [7, 11) is 0. The first-order valence-electron chi connectivity index (χ1n) is 12.1. The maximum Gasteiger partial charge on any atom is 0.325 e. The fraction of sp³-hybridized carbons (Fsp3) is 0.654. The minimum absolute atomic E-state index is 0.0556. The van der Waals surface area contributed by atoms with Crippen molar-refractivity contribution in [1.82, 2.24) is 5.32 Å². The number of esters is 1. The van der Waals surface area contributed by atoms with Gasteiger partial charge in [0.25, 0.3) is 0 Å². The summed E-state index contributed by atoms with van der Waals surface area (Å²) in [6, 6.07) is 5.79. The smallest absolute Gasteiger partial charge is 0.325 e. The Morgan fingerprint density at radius 2 is 1.58 bits per heavy atom. The van der Waals surface area contributed by atoms with Crippen LogP contribution >= 0.6 is 0 Å². The number of aryl methyl sites for hydroxylation is 2. The van der Waals surface area contributed by atoms with E-state index in [1.54, 1.807) is 0 Å². The second-order valence-corrected chi connectivity index (χ2v) is 10.6. The van der Waals surface area contributed by atoms with E-state index in [4.69, 9.17) is 4.74 Å². The Balaban J connectivity index is 1.07. The first kappa shape index (κ1) is 20.7. The van der Waals surface area contributed by atoms with E-state index in [1.165, 1.54) is 56.1 Å². The van der Waals surface area contributed by atoms with E-state index in [0.717, 1.165) is 37.0 Å². The van der Waals surface area contributed by atoms with Gasteiger partial charge in [-0.05, 0) is 105 Å². The van der Waals surface area contributed by atoms with Crippen molar-refractivity contribution in [3.05, 3.63) is 34.9 Å². The zero-order valence-electron chi connectivity index (χ0n) is 18.3. The zero-order chi connectivity index (χ0) is 21.4. The highest BCUT2D eigenvalue weighted by Gasteiger charge is 2.51. The number of ether oxygens (including phenoxy) is 1. The number of fused-ring (bicyclic) bond motifs is 1. The molecule has 5 nitrogen and oxygen atoms in total. The van der Waals surface area contributed by atoms with Gasteiger partial charge in [-0.25, -0.2) is 0 Å². The van der Waals surface area contributed by atoms with Crippen LogP contribution < -0.4 is 5.32 Å². The molecular weight excluding hydrogens is 390 g/mol. The molecule has 0 heterocycles. The Bertz CT molecular complexity index is 854. The molecule has 4 bridgehead atoms. The van der Waals surface area contributed by atoms with E-state index in [-0.39, 0.29) is 30.3 Å². The topological polar surface area (TPSA) is 72.5 Å². The monoisotopic (exact) mass is 423 g/mol. The summed E-state index contributed by atoms with van der Waals surface area (Å²) in [5.41, 5.74) is 3.31. The van der Waals surface area contributed by atoms with Crippen LogP contribution in [0.2, 0.25) is 0 Å². The zero-order valence-corrected chi connectivity index (χ0v) is 18.3. The Morgan fingerprint density at radius 1 is 0.935 bits per heavy atom. The van der Waals surface area contributed by atoms with Crippen molar-refractivity contribution >= 4 is 17.7 Å². The lowest BCUT2D eigenvalue weighted by Crippen LogP contribution is -2.48. The highest BCUT2D eigenvalue weighted by atomic mass is 16.5. The average molecular weight is 424 g/mol. The highest BCUT2D eigenvalue weighted by Crippen LogP contribution is 2.61. The van der Waals surface area contributed by atoms with Gasteiger partial charge in [-0.3, -0.25) is 14.4 Å². The highest BCUT2D eigenvalue weighted by molar-refractivity contribution is 5.98. The number of benzene rings is 1. The van der Waals surface area contributed by atoms with Gasteiger partial charge in [0.05, 0.1) is 0 Å². The van der Waals surface area contributed by atoms with Crippen molar-refractivity contribution in [3.63, 3.8) is 0 Å². The van der Waals surface area contributed by atoms with Gasteiger partial charge in [0.15, 0.2) is 12.4 Å². The maximum absolute atomic E-state index is 12.5. The average Bonchev–Trinajstić information content (AvgIpc) is 2.74. The third kappa shape index (κ3) is 4.56. The molecule has 4 fully saturated rings. The van der Waals surface area contributed by atoms with Crippen LogP contribution in [0.15, 0.2) is 18.2 Å². The fourth-order valence-corrected chi connectivity index (χ4v) is 7.27. The lowest BCUT2D eigenvalue weighted by molar-refractivity contribution is -0.143. The minimum atomic E-state index is -0.551. The van der Waals surface area contributed by atoms with Crippen LogP contribution in [0, 0.1) is 23.2 Å². The van der Waals surface area contributed by atoms with E-state index < -0.39 is 5.97 Å². The van der Waals surface area contributed by atoms with Gasteiger partial charge >= 0.3 is 5.97 Å². The largest absolute Gasteiger partial charge is 0.456 e. The lowest BCUT2D eigenvalue weighted by atomic mass is 9.49. The third-order valence-electron chi connectivity index (χ3n) is 8.17. The summed E-state index contributed by atoms with van der Waals surface area (Å²) in [5.74, 6) is 1.61. The van der Waals surface area contributed by atoms with Crippen LogP contribution in [0.5, 0.6) is 0 Å². The fourth-order valence-electron chi connectivity index (χ4n) is 7.27. The molecule has 31 heavy (non-hydrogen) atoms. The molecule has 0 unspecified atom stereocenters. The normalized spacial score (nSPS) is 30.5. The molecule has 4 saturated carbocycles. The molecule has 0 saturated heterocycles. The summed E-state index contributed by atoms with van der Waals surface area (Å²) < 4.78 is 5.14. The molecule has 0 atom stereocenters. The summed E-state index contributed by atoms with van der Waals surface area (Å²) >= 11 is 0. The van der Waals surface area contributed by atoms with Crippen LogP contribution in [0.3, 0.4) is 0 Å². The summed E-state index contributed by atoms with van der Waals surface area (Å²) in [6.45, 7) is -0.439. The Kier molecular flexibility index (Phi) is 5.61. The summed E-state index contributed by atoms with van der Waals surface area (Å²) in [4.78, 5) is 37.1. The molecule has 5 aliphatic rings. The molecule has 166 valence electrons. The third-order valence-corrected chi connectivity index (χ3v) is 8.17. The second kappa shape index (κ2) is 8.40. The Morgan fingerprint density at radius 3 is 2.26 bits per heavy atom. The van der Waals surface area contributed by atoms with Gasteiger partial charge in [-0.15, -0.1) is 0 Å². The molecular formula is C26H33NO4. The summed E-state index contributed by atoms with van der Waals surface area (Å²) in [5, 5.41) is 2.74. The minimum Gasteiger partial charge on any atom is -0.456 e. The number of carbonyl (C=O) groups excluding carboxylic acids is 3. The van der Waals surface area contributed by atoms with Crippen LogP contribution in [0.1, 0.15) is 79.3 Å². The Labute approximate surface area is 184 Å². The van der Waals surface area contributed by atoms with Gasteiger partial charge in [-0.2, -0.15) is 0 Å². The molecule has 0 aliphatic heterocycles. The lowest BCUT2D eigenvalue weighted by Gasteiger charge is -2.56. The number of carbonyl (C=O) groups is 3. The first-order valence-corrected chi connectivity index (χ1v) is 12.1. The molecule has 5 aliphatic carbocycles. The number of rotatable bonds is 7. The van der Waals surface area contributed by atoms with Crippen LogP contribution in [0.25, 0.3) is 0 Å². The predicted molar refractivity (Wildman–Crippen MR) is 117 cm³/mol. The van der Waals surface area contributed by atoms with Crippen LogP contribution in [-0.4, -0.2) is 30.8 Å². The molecule has 1 aromatic carbocycles. The van der Waals surface area contributed by atoms with Crippen molar-refractivity contribution in [1.29, 1.82) is 0 Å². The number of hydrogen-bond acceptors (Lipinski definition) is 4. The quantitative estimate of drug-likeness (QED) is 0.531. The van der Waals surface area contributed by atoms with Gasteiger partial charge in [0.1, 0.15) is 6.54 Å². The van der Waals surface area contributed by atoms with E-state index >= 15 is 0 Å². The molecule has 1 amide bonds. The second-order valence-electron chi connectivity index (χ2n) is 10.6. The number of nitrogens with one attached hydrogen (secondary N) is 1. The number of Topliss-reactive ketones (excluding diaryl/α,β-unsaturated/α-hetero) is 1. The number of ketones is 1. The SMILES string of the molecule is O=C(CC12CC3CC(CC(C3)C1)C2)NCC(=O)OCC(=O)c1ccc2c(c1)CCCC2. The van der Waals surface area contributed by atoms with Crippen molar-refractivity contribution in [2.45, 2.75) is 70.6 Å². The Hall–Kier alpha value is -2.17. The van der Waals surface area contributed by atoms with Gasteiger partial charge in [0, 0.05) is 12.0 Å². The van der Waals surface area contributed by atoms with E-state index in [9.17, 15) is 14.4 Å². The predicted octanol–water partition coefficient (Wildman–Crippen LogP) is 4.01. The molecule has 1 N–H and O–H groups in total. The molecule has 1 aromatic rings. The van der Waals surface area contributed by atoms with Gasteiger partial charge in [-0.1, -0.05) is 12.1 Å². The van der Waals surface area contributed by atoms with Crippen molar-refractivity contribution in [2.24, 2.45) is 23.2 Å². The first-order chi connectivity index (χ1) is 15.0. The van der Waals surface area contributed by atoms with E-state index in [2.05, 4.69) is 5.32 Å². The summed E-state index contributed by atoms with van der Waals surface area (Å²) in [6.07, 6.45) is 12.5. The molecule has 0 radical (unpaired) electrons. The molecule has 6 rings (SSSR count). The van der Waals surface area contributed by atoms with Crippen LogP contribution in [-0.2, 0) is 27.2 Å².